The van der Waals surface area contributed by atoms with Crippen molar-refractivity contribution in [3.05, 3.63) is 96.4 Å². The predicted molar refractivity (Wildman–Crippen MR) is 136 cm³/mol. The Hall–Kier alpha value is -4.13. The van der Waals surface area contributed by atoms with E-state index in [9.17, 15) is 9.59 Å². The fraction of sp³-hybridized carbons (Fsp3) is 0.250. The lowest BCUT2D eigenvalue weighted by molar-refractivity contribution is -0.121. The van der Waals surface area contributed by atoms with Crippen molar-refractivity contribution >= 4 is 17.5 Å². The smallest absolute Gasteiger partial charge is 0.259 e. The van der Waals surface area contributed by atoms with Crippen molar-refractivity contribution in [2.24, 2.45) is 5.92 Å². The maximum atomic E-state index is 13.6. The van der Waals surface area contributed by atoms with Crippen LogP contribution in [0.15, 0.2) is 85.3 Å². The fourth-order valence-electron chi connectivity index (χ4n) is 4.68. The van der Waals surface area contributed by atoms with Gasteiger partial charge >= 0.3 is 0 Å². The summed E-state index contributed by atoms with van der Waals surface area (Å²) < 4.78 is 3.71. The van der Waals surface area contributed by atoms with Crippen molar-refractivity contribution < 1.29 is 9.59 Å². The van der Waals surface area contributed by atoms with Gasteiger partial charge in [-0.05, 0) is 55.2 Å². The minimum Gasteiger partial charge on any atom is -0.338 e. The second-order valence-electron chi connectivity index (χ2n) is 8.79. The summed E-state index contributed by atoms with van der Waals surface area (Å²) >= 11 is 0. The molecule has 7 heteroatoms. The number of benzene rings is 2. The maximum Gasteiger partial charge on any atom is 0.259 e. The van der Waals surface area contributed by atoms with Crippen LogP contribution in [-0.2, 0) is 11.2 Å². The molecule has 7 nitrogen and oxygen atoms in total. The summed E-state index contributed by atoms with van der Waals surface area (Å²) in [6.45, 7) is 3.15. The van der Waals surface area contributed by atoms with Gasteiger partial charge in [-0.3, -0.25) is 9.59 Å². The molecule has 0 unspecified atom stereocenters. The van der Waals surface area contributed by atoms with E-state index in [1.165, 1.54) is 0 Å². The highest BCUT2D eigenvalue weighted by Crippen LogP contribution is 2.25. The molecule has 35 heavy (non-hydrogen) atoms. The van der Waals surface area contributed by atoms with Gasteiger partial charge in [0.1, 0.15) is 5.56 Å². The Labute approximate surface area is 205 Å². The molecule has 0 radical (unpaired) electrons. The van der Waals surface area contributed by atoms with Crippen LogP contribution in [0, 0.1) is 5.92 Å². The van der Waals surface area contributed by atoms with Gasteiger partial charge in [-0.1, -0.05) is 43.3 Å². The molecule has 1 aliphatic heterocycles. The lowest BCUT2D eigenvalue weighted by Gasteiger charge is -2.31. The van der Waals surface area contributed by atoms with Crippen LogP contribution >= 0.6 is 0 Å². The number of aromatic nitrogens is 3. The number of nitrogens with zero attached hydrogens (tertiary/aromatic N) is 4. The van der Waals surface area contributed by atoms with E-state index in [4.69, 9.17) is 0 Å². The number of hydrogen-bond donors (Lipinski definition) is 1. The topological polar surface area (TPSA) is 72.2 Å². The summed E-state index contributed by atoms with van der Waals surface area (Å²) in [6, 6.07) is 21.6. The minimum absolute atomic E-state index is 0.0305. The first-order valence-electron chi connectivity index (χ1n) is 12.1. The van der Waals surface area contributed by atoms with E-state index in [0.717, 1.165) is 23.4 Å². The number of rotatable bonds is 6. The number of nitrogens with one attached hydrogen (secondary N) is 1. The number of hydrogen-bond acceptors (Lipinski definition) is 3. The van der Waals surface area contributed by atoms with E-state index < -0.39 is 0 Å². The first-order valence-corrected chi connectivity index (χ1v) is 12.1. The third-order valence-corrected chi connectivity index (χ3v) is 6.63. The Balaban J connectivity index is 1.31. The maximum absolute atomic E-state index is 13.6. The SMILES string of the molecule is CCc1ccccc1NC(=O)C1CCN(C(=O)c2cnn(-c3ccccc3)c2-n2cccc2)CC1. The molecule has 1 saturated heterocycles. The molecule has 0 bridgehead atoms. The molecule has 178 valence electrons. The Morgan fingerprint density at radius 1 is 0.943 bits per heavy atom. The van der Waals surface area contributed by atoms with Crippen LogP contribution < -0.4 is 5.32 Å². The highest BCUT2D eigenvalue weighted by molar-refractivity contribution is 5.98. The van der Waals surface area contributed by atoms with Gasteiger partial charge in [0.2, 0.25) is 5.91 Å². The highest BCUT2D eigenvalue weighted by atomic mass is 16.2. The minimum atomic E-state index is -0.111. The summed E-state index contributed by atoms with van der Waals surface area (Å²) in [4.78, 5) is 28.3. The molecular formula is C28H29N5O2. The van der Waals surface area contributed by atoms with E-state index in [1.807, 2.05) is 88.6 Å². The van der Waals surface area contributed by atoms with Crippen LogP contribution in [0.4, 0.5) is 5.69 Å². The van der Waals surface area contributed by atoms with Crippen molar-refractivity contribution in [1.82, 2.24) is 19.2 Å². The molecule has 1 N–H and O–H groups in total. The van der Waals surface area contributed by atoms with Crippen molar-refractivity contribution in [1.29, 1.82) is 0 Å². The Kier molecular flexibility index (Phi) is 6.48. The number of likely N-dealkylation sites (tertiary alicyclic amines) is 1. The van der Waals surface area contributed by atoms with Crippen molar-refractivity contribution in [3.8, 4) is 11.5 Å². The Morgan fingerprint density at radius 2 is 1.63 bits per heavy atom. The van der Waals surface area contributed by atoms with Gasteiger partial charge in [0, 0.05) is 37.1 Å². The van der Waals surface area contributed by atoms with Crippen LogP contribution in [0.5, 0.6) is 0 Å². The monoisotopic (exact) mass is 467 g/mol. The number of carbonyl (C=O) groups excluding carboxylic acids is 2. The van der Waals surface area contributed by atoms with E-state index in [1.54, 1.807) is 10.9 Å². The third-order valence-electron chi connectivity index (χ3n) is 6.63. The molecular weight excluding hydrogens is 438 g/mol. The van der Waals surface area contributed by atoms with Gasteiger partial charge in [0.15, 0.2) is 5.82 Å². The Bertz CT molecular complexity index is 1300. The number of piperidine rings is 1. The number of anilines is 1. The Morgan fingerprint density at radius 3 is 2.34 bits per heavy atom. The van der Waals surface area contributed by atoms with Crippen LogP contribution in [0.3, 0.4) is 0 Å². The zero-order valence-corrected chi connectivity index (χ0v) is 19.8. The van der Waals surface area contributed by atoms with Crippen LogP contribution in [0.2, 0.25) is 0 Å². The summed E-state index contributed by atoms with van der Waals surface area (Å²) in [7, 11) is 0. The molecule has 3 heterocycles. The standard InChI is InChI=1S/C28H29N5O2/c1-2-21-10-6-7-13-25(21)30-26(34)22-14-18-32(19-15-22)28(35)24-20-29-33(23-11-4-3-5-12-23)27(24)31-16-8-9-17-31/h3-13,16-17,20,22H,2,14-15,18-19H2,1H3,(H,30,34). The van der Waals surface area contributed by atoms with E-state index in [-0.39, 0.29) is 17.7 Å². The van der Waals surface area contributed by atoms with Crippen molar-refractivity contribution in [3.63, 3.8) is 0 Å². The van der Waals surface area contributed by atoms with Gasteiger partial charge in [-0.2, -0.15) is 5.10 Å². The van der Waals surface area contributed by atoms with Gasteiger partial charge in [0.05, 0.1) is 11.9 Å². The fourth-order valence-corrected chi connectivity index (χ4v) is 4.68. The van der Waals surface area contributed by atoms with Crippen molar-refractivity contribution in [2.45, 2.75) is 26.2 Å². The predicted octanol–water partition coefficient (Wildman–Crippen LogP) is 4.72. The molecule has 4 aromatic rings. The molecule has 5 rings (SSSR count). The van der Waals surface area contributed by atoms with Gasteiger partial charge in [-0.15, -0.1) is 0 Å². The normalized spacial score (nSPS) is 14.1. The molecule has 0 saturated carbocycles. The second kappa shape index (κ2) is 10.0. The third kappa shape index (κ3) is 4.62. The summed E-state index contributed by atoms with van der Waals surface area (Å²) in [5, 5.41) is 7.65. The van der Waals surface area contributed by atoms with Crippen LogP contribution in [0.25, 0.3) is 11.5 Å². The molecule has 2 amide bonds. The van der Waals surface area contributed by atoms with E-state index in [2.05, 4.69) is 17.3 Å². The zero-order chi connectivity index (χ0) is 24.2. The van der Waals surface area contributed by atoms with E-state index in [0.29, 0.717) is 37.3 Å². The van der Waals surface area contributed by atoms with Crippen LogP contribution in [-0.4, -0.2) is 44.2 Å². The molecule has 1 aliphatic rings. The van der Waals surface area contributed by atoms with Gasteiger partial charge in [0.25, 0.3) is 5.91 Å². The number of carbonyl (C=O) groups is 2. The first-order chi connectivity index (χ1) is 17.2. The van der Waals surface area contributed by atoms with Gasteiger partial charge < -0.3 is 14.8 Å². The average molecular weight is 468 g/mol. The molecule has 0 aliphatic carbocycles. The summed E-state index contributed by atoms with van der Waals surface area (Å²) in [5.74, 6) is 0.566. The van der Waals surface area contributed by atoms with E-state index >= 15 is 0 Å². The number of aryl methyl sites for hydroxylation is 1. The van der Waals surface area contributed by atoms with Crippen molar-refractivity contribution in [2.75, 3.05) is 18.4 Å². The molecule has 1 fully saturated rings. The lowest BCUT2D eigenvalue weighted by atomic mass is 9.95. The quantitative estimate of drug-likeness (QED) is 0.446. The zero-order valence-electron chi connectivity index (χ0n) is 19.8. The summed E-state index contributed by atoms with van der Waals surface area (Å²) in [6.07, 6.45) is 7.61. The first kappa shape index (κ1) is 22.7. The lowest BCUT2D eigenvalue weighted by Crippen LogP contribution is -2.41. The second-order valence-corrected chi connectivity index (χ2v) is 8.79. The van der Waals surface area contributed by atoms with Crippen LogP contribution in [0.1, 0.15) is 35.7 Å². The molecule has 0 atom stereocenters. The molecule has 2 aromatic heterocycles. The van der Waals surface area contributed by atoms with Gasteiger partial charge in [-0.25, -0.2) is 4.68 Å². The average Bonchev–Trinajstić information content (AvgIpc) is 3.59. The molecule has 2 aromatic carbocycles. The number of para-hydroxylation sites is 2. The molecule has 0 spiro atoms. The largest absolute Gasteiger partial charge is 0.338 e. The summed E-state index contributed by atoms with van der Waals surface area (Å²) in [5.41, 5.74) is 3.44. The highest BCUT2D eigenvalue weighted by Gasteiger charge is 2.30. The number of amides is 2.